The zero-order chi connectivity index (χ0) is 13.2. The summed E-state index contributed by atoms with van der Waals surface area (Å²) in [5.74, 6) is 0.884. The summed E-state index contributed by atoms with van der Waals surface area (Å²) in [6.45, 7) is 3.88. The summed E-state index contributed by atoms with van der Waals surface area (Å²) < 4.78 is 5.86. The maximum Gasteiger partial charge on any atom is 0.145 e. The predicted octanol–water partition coefficient (Wildman–Crippen LogP) is 3.06. The molecule has 3 rings (SSSR count). The van der Waals surface area contributed by atoms with Crippen LogP contribution in [0, 0.1) is 0 Å². The first-order valence-electron chi connectivity index (χ1n) is 6.57. The van der Waals surface area contributed by atoms with Crippen LogP contribution < -0.4 is 15.4 Å². The van der Waals surface area contributed by atoms with E-state index in [9.17, 15) is 0 Å². The lowest BCUT2D eigenvalue weighted by atomic mass is 10.1. The number of hydrogen-bond donors (Lipinski definition) is 1. The Balaban J connectivity index is 1.91. The minimum Gasteiger partial charge on any atom is -0.487 e. The lowest BCUT2D eigenvalue weighted by Gasteiger charge is -2.35. The quantitative estimate of drug-likeness (QED) is 0.837. The van der Waals surface area contributed by atoms with Gasteiger partial charge in [0.05, 0.1) is 12.2 Å². The van der Waals surface area contributed by atoms with Crippen molar-refractivity contribution in [3.8, 4) is 5.75 Å². The molecule has 2 N–H and O–H groups in total. The van der Waals surface area contributed by atoms with Crippen LogP contribution >= 0.6 is 0 Å². The van der Waals surface area contributed by atoms with E-state index in [1.54, 1.807) is 0 Å². The molecule has 1 aliphatic heterocycles. The average Bonchev–Trinajstić information content (AvgIpc) is 2.39. The van der Waals surface area contributed by atoms with Gasteiger partial charge in [-0.25, -0.2) is 0 Å². The standard InChI is InChI=1S/C16H18N2O/c1-12-10-18(11-13-5-3-2-4-6-13)15-8-7-14(17)9-16(15)19-12/h2-9,12H,10-11,17H2,1H3. The molecule has 0 aromatic heterocycles. The first-order chi connectivity index (χ1) is 9.22. The molecule has 0 saturated heterocycles. The second-order valence-electron chi connectivity index (χ2n) is 5.02. The fourth-order valence-electron chi connectivity index (χ4n) is 2.50. The van der Waals surface area contributed by atoms with Crippen LogP contribution in [0.25, 0.3) is 0 Å². The molecule has 0 bridgehead atoms. The number of nitrogens with zero attached hydrogens (tertiary/aromatic N) is 1. The highest BCUT2D eigenvalue weighted by Gasteiger charge is 2.22. The van der Waals surface area contributed by atoms with Gasteiger partial charge in [0.25, 0.3) is 0 Å². The molecule has 2 aromatic rings. The molecule has 3 heteroatoms. The second-order valence-corrected chi connectivity index (χ2v) is 5.02. The third-order valence-corrected chi connectivity index (χ3v) is 3.35. The zero-order valence-electron chi connectivity index (χ0n) is 11.0. The number of ether oxygens (including phenoxy) is 1. The third-order valence-electron chi connectivity index (χ3n) is 3.35. The molecule has 1 heterocycles. The zero-order valence-corrected chi connectivity index (χ0v) is 11.0. The highest BCUT2D eigenvalue weighted by Crippen LogP contribution is 2.35. The van der Waals surface area contributed by atoms with Crippen LogP contribution in [0.4, 0.5) is 11.4 Å². The Kier molecular flexibility index (Phi) is 3.03. The Hall–Kier alpha value is -2.16. The average molecular weight is 254 g/mol. The topological polar surface area (TPSA) is 38.5 Å². The lowest BCUT2D eigenvalue weighted by Crippen LogP contribution is -2.37. The molecule has 2 aromatic carbocycles. The highest BCUT2D eigenvalue weighted by molar-refractivity contribution is 5.65. The normalized spacial score (nSPS) is 17.7. The Morgan fingerprint density at radius 1 is 1.21 bits per heavy atom. The van der Waals surface area contributed by atoms with Gasteiger partial charge in [0.1, 0.15) is 11.9 Å². The molecule has 0 saturated carbocycles. The summed E-state index contributed by atoms with van der Waals surface area (Å²) in [6.07, 6.45) is 0.179. The molecule has 0 radical (unpaired) electrons. The van der Waals surface area contributed by atoms with Crippen molar-refractivity contribution < 1.29 is 4.74 Å². The number of nitrogen functional groups attached to an aromatic ring is 1. The van der Waals surface area contributed by atoms with Crippen LogP contribution in [0.1, 0.15) is 12.5 Å². The van der Waals surface area contributed by atoms with E-state index in [2.05, 4.69) is 36.1 Å². The molecule has 3 nitrogen and oxygen atoms in total. The van der Waals surface area contributed by atoms with E-state index >= 15 is 0 Å². The Morgan fingerprint density at radius 3 is 2.79 bits per heavy atom. The second kappa shape index (κ2) is 4.84. The fourth-order valence-corrected chi connectivity index (χ4v) is 2.50. The van der Waals surface area contributed by atoms with Crippen molar-refractivity contribution in [3.05, 3.63) is 54.1 Å². The van der Waals surface area contributed by atoms with Crippen molar-refractivity contribution in [3.63, 3.8) is 0 Å². The molecular weight excluding hydrogens is 236 g/mol. The summed E-state index contributed by atoms with van der Waals surface area (Å²) in [5.41, 5.74) is 9.00. The number of benzene rings is 2. The fraction of sp³-hybridized carbons (Fsp3) is 0.250. The summed E-state index contributed by atoms with van der Waals surface area (Å²) >= 11 is 0. The summed E-state index contributed by atoms with van der Waals surface area (Å²) in [6, 6.07) is 16.4. The predicted molar refractivity (Wildman–Crippen MR) is 78.4 cm³/mol. The number of fused-ring (bicyclic) bond motifs is 1. The van der Waals surface area contributed by atoms with Crippen molar-refractivity contribution in [2.75, 3.05) is 17.2 Å². The van der Waals surface area contributed by atoms with Crippen molar-refractivity contribution in [1.82, 2.24) is 0 Å². The van der Waals surface area contributed by atoms with E-state index in [1.165, 1.54) is 5.56 Å². The van der Waals surface area contributed by atoms with Crippen molar-refractivity contribution in [1.29, 1.82) is 0 Å². The smallest absolute Gasteiger partial charge is 0.145 e. The van der Waals surface area contributed by atoms with Gasteiger partial charge in [-0.2, -0.15) is 0 Å². The molecule has 0 amide bonds. The van der Waals surface area contributed by atoms with Crippen LogP contribution in [-0.2, 0) is 6.54 Å². The van der Waals surface area contributed by atoms with Gasteiger partial charge in [-0.15, -0.1) is 0 Å². The number of anilines is 2. The molecular formula is C16H18N2O. The minimum atomic E-state index is 0.179. The van der Waals surface area contributed by atoms with E-state index < -0.39 is 0 Å². The van der Waals surface area contributed by atoms with Crippen molar-refractivity contribution in [2.45, 2.75) is 19.6 Å². The SMILES string of the molecule is CC1CN(Cc2ccccc2)c2ccc(N)cc2O1. The molecule has 98 valence electrons. The first-order valence-corrected chi connectivity index (χ1v) is 6.57. The van der Waals surface area contributed by atoms with Crippen LogP contribution in [0.15, 0.2) is 48.5 Å². The number of nitrogens with two attached hydrogens (primary N) is 1. The van der Waals surface area contributed by atoms with Crippen LogP contribution in [0.2, 0.25) is 0 Å². The van der Waals surface area contributed by atoms with Crippen molar-refractivity contribution >= 4 is 11.4 Å². The van der Waals surface area contributed by atoms with E-state index in [4.69, 9.17) is 10.5 Å². The largest absolute Gasteiger partial charge is 0.487 e. The number of hydrogen-bond acceptors (Lipinski definition) is 3. The molecule has 0 aliphatic carbocycles. The molecule has 0 spiro atoms. The summed E-state index contributed by atoms with van der Waals surface area (Å²) in [5, 5.41) is 0. The van der Waals surface area contributed by atoms with Gasteiger partial charge >= 0.3 is 0 Å². The Morgan fingerprint density at radius 2 is 2.00 bits per heavy atom. The monoisotopic (exact) mass is 254 g/mol. The van der Waals surface area contributed by atoms with Gasteiger partial charge in [0, 0.05) is 18.3 Å². The minimum absolute atomic E-state index is 0.179. The maximum atomic E-state index is 5.86. The van der Waals surface area contributed by atoms with Gasteiger partial charge in [-0.3, -0.25) is 0 Å². The highest BCUT2D eigenvalue weighted by atomic mass is 16.5. The Bertz CT molecular complexity index is 568. The first kappa shape index (κ1) is 11.9. The van der Waals surface area contributed by atoms with E-state index in [0.29, 0.717) is 0 Å². The van der Waals surface area contributed by atoms with Gasteiger partial charge in [-0.1, -0.05) is 30.3 Å². The van der Waals surface area contributed by atoms with Gasteiger partial charge in [0.15, 0.2) is 0 Å². The van der Waals surface area contributed by atoms with Crippen LogP contribution in [-0.4, -0.2) is 12.6 Å². The molecule has 19 heavy (non-hydrogen) atoms. The molecule has 1 atom stereocenters. The van der Waals surface area contributed by atoms with Gasteiger partial charge in [-0.05, 0) is 24.6 Å². The molecule has 1 aliphatic rings. The Labute approximate surface area is 113 Å². The van der Waals surface area contributed by atoms with Gasteiger partial charge < -0.3 is 15.4 Å². The lowest BCUT2D eigenvalue weighted by molar-refractivity contribution is 0.212. The summed E-state index contributed by atoms with van der Waals surface area (Å²) in [7, 11) is 0. The van der Waals surface area contributed by atoms with E-state index in [1.807, 2.05) is 24.3 Å². The van der Waals surface area contributed by atoms with Crippen LogP contribution in [0.3, 0.4) is 0 Å². The molecule has 0 fully saturated rings. The van der Waals surface area contributed by atoms with Crippen LogP contribution in [0.5, 0.6) is 5.75 Å². The van der Waals surface area contributed by atoms with Gasteiger partial charge in [0.2, 0.25) is 0 Å². The van der Waals surface area contributed by atoms with Crippen molar-refractivity contribution in [2.24, 2.45) is 0 Å². The van der Waals surface area contributed by atoms with E-state index in [0.717, 1.165) is 30.2 Å². The molecule has 1 unspecified atom stereocenters. The summed E-state index contributed by atoms with van der Waals surface area (Å²) in [4.78, 5) is 2.35. The van der Waals surface area contributed by atoms with E-state index in [-0.39, 0.29) is 6.10 Å². The third kappa shape index (κ3) is 2.50. The number of rotatable bonds is 2. The maximum absolute atomic E-state index is 5.86.